The van der Waals surface area contributed by atoms with E-state index in [1.54, 1.807) is 0 Å². The van der Waals surface area contributed by atoms with Crippen LogP contribution in [0.15, 0.2) is 36.4 Å². The number of pyridine rings is 1. The fraction of sp³-hybridized carbons (Fsp3) is 0.400. The molecule has 0 fully saturated rings. The fourth-order valence-electron chi connectivity index (χ4n) is 1.92. The summed E-state index contributed by atoms with van der Waals surface area (Å²) in [6.07, 6.45) is 4.69. The number of hydrogen-bond donors (Lipinski definition) is 1. The third-order valence-corrected chi connectivity index (χ3v) is 3.61. The zero-order chi connectivity index (χ0) is 12.6. The minimum atomic E-state index is 0.865. The van der Waals surface area contributed by atoms with Gasteiger partial charge in [-0.25, -0.2) is 0 Å². The van der Waals surface area contributed by atoms with E-state index in [0.717, 1.165) is 24.3 Å². The van der Waals surface area contributed by atoms with Gasteiger partial charge in [-0.2, -0.15) is 11.8 Å². The molecule has 1 heterocycles. The second kappa shape index (κ2) is 7.39. The average molecular weight is 260 g/mol. The molecule has 0 saturated heterocycles. The van der Waals surface area contributed by atoms with Crippen LogP contribution in [0.1, 0.15) is 18.5 Å². The Hall–Kier alpha value is -1.06. The third-order valence-electron chi connectivity index (χ3n) is 2.91. The summed E-state index contributed by atoms with van der Waals surface area (Å²) in [6.45, 7) is 1.94. The van der Waals surface area contributed by atoms with Crippen molar-refractivity contribution in [2.45, 2.75) is 19.4 Å². The Morgan fingerprint density at radius 2 is 2.00 bits per heavy atom. The summed E-state index contributed by atoms with van der Waals surface area (Å²) >= 11 is 1.92. The number of aromatic nitrogens is 1. The number of para-hydroxylation sites is 1. The zero-order valence-electron chi connectivity index (χ0n) is 10.9. The van der Waals surface area contributed by atoms with Crippen LogP contribution in [0, 0.1) is 0 Å². The molecule has 2 rings (SSSR count). The standard InChI is InChI=1S/C15H20N2S/c1-18-11-5-4-10-16-12-14-9-8-13-6-2-3-7-15(13)17-14/h2-3,6-9,16H,4-5,10-12H2,1H3. The molecule has 0 radical (unpaired) electrons. The van der Waals surface area contributed by atoms with E-state index in [2.05, 4.69) is 40.8 Å². The maximum atomic E-state index is 4.64. The first-order chi connectivity index (χ1) is 8.90. The summed E-state index contributed by atoms with van der Waals surface area (Å²) in [4.78, 5) is 4.64. The zero-order valence-corrected chi connectivity index (χ0v) is 11.7. The quantitative estimate of drug-likeness (QED) is 0.772. The minimum absolute atomic E-state index is 0.865. The lowest BCUT2D eigenvalue weighted by Gasteiger charge is -2.05. The molecule has 0 amide bonds. The molecule has 0 saturated carbocycles. The molecule has 0 aliphatic heterocycles. The van der Waals surface area contributed by atoms with Gasteiger partial charge in [-0.05, 0) is 43.5 Å². The van der Waals surface area contributed by atoms with Crippen molar-refractivity contribution in [1.29, 1.82) is 0 Å². The van der Waals surface area contributed by atoms with Crippen LogP contribution in [0.5, 0.6) is 0 Å². The van der Waals surface area contributed by atoms with Gasteiger partial charge in [0.05, 0.1) is 11.2 Å². The molecular formula is C15H20N2S. The van der Waals surface area contributed by atoms with Gasteiger partial charge in [-0.15, -0.1) is 0 Å². The highest BCUT2D eigenvalue weighted by Crippen LogP contribution is 2.11. The van der Waals surface area contributed by atoms with E-state index in [-0.39, 0.29) is 0 Å². The van der Waals surface area contributed by atoms with Crippen molar-refractivity contribution >= 4 is 22.7 Å². The predicted molar refractivity (Wildman–Crippen MR) is 81.1 cm³/mol. The van der Waals surface area contributed by atoms with E-state index in [1.165, 1.54) is 24.0 Å². The number of nitrogens with zero attached hydrogens (tertiary/aromatic N) is 1. The second-order valence-electron chi connectivity index (χ2n) is 4.37. The van der Waals surface area contributed by atoms with Gasteiger partial charge < -0.3 is 5.32 Å². The first kappa shape index (κ1) is 13.4. The molecule has 0 bridgehead atoms. The van der Waals surface area contributed by atoms with Crippen molar-refractivity contribution in [2.24, 2.45) is 0 Å². The Kier molecular flexibility index (Phi) is 5.49. The molecule has 1 aromatic carbocycles. The normalized spacial score (nSPS) is 10.9. The van der Waals surface area contributed by atoms with Crippen LogP contribution in [0.2, 0.25) is 0 Å². The van der Waals surface area contributed by atoms with Gasteiger partial charge >= 0.3 is 0 Å². The van der Waals surface area contributed by atoms with Crippen molar-refractivity contribution in [3.05, 3.63) is 42.1 Å². The molecule has 0 atom stereocenters. The molecular weight excluding hydrogens is 240 g/mol. The third kappa shape index (κ3) is 4.00. The van der Waals surface area contributed by atoms with Crippen molar-refractivity contribution in [3.63, 3.8) is 0 Å². The smallest absolute Gasteiger partial charge is 0.0705 e. The van der Waals surface area contributed by atoms with Gasteiger partial charge in [0.25, 0.3) is 0 Å². The van der Waals surface area contributed by atoms with Gasteiger partial charge in [0.15, 0.2) is 0 Å². The second-order valence-corrected chi connectivity index (χ2v) is 5.36. The Labute approximate surface area is 113 Å². The highest BCUT2D eigenvalue weighted by molar-refractivity contribution is 7.98. The largest absolute Gasteiger partial charge is 0.311 e. The van der Waals surface area contributed by atoms with Crippen LogP contribution in [-0.4, -0.2) is 23.5 Å². The maximum absolute atomic E-state index is 4.64. The number of nitrogens with one attached hydrogen (secondary N) is 1. The average Bonchev–Trinajstić information content (AvgIpc) is 2.42. The van der Waals surface area contributed by atoms with Crippen LogP contribution >= 0.6 is 11.8 Å². The predicted octanol–water partition coefficient (Wildman–Crippen LogP) is 3.47. The van der Waals surface area contributed by atoms with Crippen molar-refractivity contribution < 1.29 is 0 Å². The molecule has 0 aliphatic rings. The molecule has 3 heteroatoms. The van der Waals surface area contributed by atoms with E-state index >= 15 is 0 Å². The molecule has 2 nitrogen and oxygen atoms in total. The van der Waals surface area contributed by atoms with Crippen LogP contribution < -0.4 is 5.32 Å². The van der Waals surface area contributed by atoms with Gasteiger partial charge in [-0.1, -0.05) is 24.3 Å². The van der Waals surface area contributed by atoms with E-state index in [1.807, 2.05) is 23.9 Å². The Morgan fingerprint density at radius 1 is 1.11 bits per heavy atom. The summed E-state index contributed by atoms with van der Waals surface area (Å²) < 4.78 is 0. The molecule has 2 aromatic rings. The Balaban J connectivity index is 1.81. The van der Waals surface area contributed by atoms with Gasteiger partial charge in [0, 0.05) is 11.9 Å². The lowest BCUT2D eigenvalue weighted by atomic mass is 10.2. The highest BCUT2D eigenvalue weighted by atomic mass is 32.2. The number of rotatable bonds is 7. The Bertz CT molecular complexity index is 485. The summed E-state index contributed by atoms with van der Waals surface area (Å²) in [5.41, 5.74) is 2.21. The van der Waals surface area contributed by atoms with E-state index < -0.39 is 0 Å². The number of benzene rings is 1. The van der Waals surface area contributed by atoms with Gasteiger partial charge in [-0.3, -0.25) is 4.98 Å². The summed E-state index contributed by atoms with van der Waals surface area (Å²) in [5, 5.41) is 4.66. The lowest BCUT2D eigenvalue weighted by molar-refractivity contribution is 0.637. The summed E-state index contributed by atoms with van der Waals surface area (Å²) in [7, 11) is 0. The number of unbranched alkanes of at least 4 members (excludes halogenated alkanes) is 1. The molecule has 1 N–H and O–H groups in total. The van der Waals surface area contributed by atoms with Crippen LogP contribution in [0.25, 0.3) is 10.9 Å². The van der Waals surface area contributed by atoms with E-state index in [4.69, 9.17) is 0 Å². The molecule has 0 unspecified atom stereocenters. The first-order valence-electron chi connectivity index (χ1n) is 6.44. The van der Waals surface area contributed by atoms with Crippen molar-refractivity contribution in [3.8, 4) is 0 Å². The number of thioether (sulfide) groups is 1. The number of fused-ring (bicyclic) bond motifs is 1. The van der Waals surface area contributed by atoms with Gasteiger partial charge in [0.1, 0.15) is 0 Å². The molecule has 0 spiro atoms. The van der Waals surface area contributed by atoms with Crippen LogP contribution in [-0.2, 0) is 6.54 Å². The highest BCUT2D eigenvalue weighted by Gasteiger charge is 1.97. The van der Waals surface area contributed by atoms with Crippen LogP contribution in [0.3, 0.4) is 0 Å². The first-order valence-corrected chi connectivity index (χ1v) is 7.84. The summed E-state index contributed by atoms with van der Waals surface area (Å²) in [6, 6.07) is 12.5. The summed E-state index contributed by atoms with van der Waals surface area (Å²) in [5.74, 6) is 1.26. The molecule has 96 valence electrons. The minimum Gasteiger partial charge on any atom is -0.311 e. The lowest BCUT2D eigenvalue weighted by Crippen LogP contribution is -2.15. The number of hydrogen-bond acceptors (Lipinski definition) is 3. The van der Waals surface area contributed by atoms with Gasteiger partial charge in [0.2, 0.25) is 0 Å². The van der Waals surface area contributed by atoms with Crippen molar-refractivity contribution in [2.75, 3.05) is 18.6 Å². The monoisotopic (exact) mass is 260 g/mol. The molecule has 1 aromatic heterocycles. The van der Waals surface area contributed by atoms with Crippen LogP contribution in [0.4, 0.5) is 0 Å². The molecule has 18 heavy (non-hydrogen) atoms. The SMILES string of the molecule is CSCCCCNCc1ccc2ccccc2n1. The maximum Gasteiger partial charge on any atom is 0.0705 e. The van der Waals surface area contributed by atoms with E-state index in [0.29, 0.717) is 0 Å². The van der Waals surface area contributed by atoms with Crippen molar-refractivity contribution in [1.82, 2.24) is 10.3 Å². The molecule has 0 aliphatic carbocycles. The fourth-order valence-corrected chi connectivity index (χ4v) is 2.41. The van der Waals surface area contributed by atoms with E-state index in [9.17, 15) is 0 Å². The Morgan fingerprint density at radius 3 is 2.89 bits per heavy atom. The topological polar surface area (TPSA) is 24.9 Å².